The molecule has 5 aliphatic rings. The number of Topliss-reactive ketones (excluding diaryl/α,β-unsaturated/α-hetero) is 1. The van der Waals surface area contributed by atoms with Gasteiger partial charge in [0.15, 0.2) is 5.60 Å². The van der Waals surface area contributed by atoms with Gasteiger partial charge >= 0.3 is 11.9 Å². The maximum Gasteiger partial charge on any atom is 0.339 e. The molecule has 10 atom stereocenters. The molecule has 1 saturated carbocycles. The summed E-state index contributed by atoms with van der Waals surface area (Å²) in [6.07, 6.45) is 2.13. The Bertz CT molecular complexity index is 1480. The predicted molar refractivity (Wildman–Crippen MR) is 163 cm³/mol. The lowest BCUT2D eigenvalue weighted by Crippen LogP contribution is -2.56. The standard InChI is InChI=1S/C36H44O9/c1-8-24(43-30(38)20(2)3)26-21(4)28(37)33(7)16-17-34-19-35(40)25(32(5,6)44-31(35)39)15-14-23(34)29(36(41,45-34)27(26)33)42-18-22-12-10-9-11-13-22/h8-14,21,24-27,29,40-41H,1-2,15-19H2,3-7H3/t21-,24-,25-,26+,27-,29-,33-,34-,35+,36-/m0/s1. The van der Waals surface area contributed by atoms with Crippen LogP contribution in [0.25, 0.3) is 0 Å². The third kappa shape index (κ3) is 4.53. The number of carbonyl (C=O) groups excluding carboxylic acids is 3. The van der Waals surface area contributed by atoms with Gasteiger partial charge in [-0.1, -0.05) is 69.5 Å². The zero-order valence-electron chi connectivity index (χ0n) is 26.7. The molecule has 2 bridgehead atoms. The first-order valence-electron chi connectivity index (χ1n) is 15.8. The van der Waals surface area contributed by atoms with Crippen LogP contribution in [0.15, 0.2) is 66.8 Å². The number of rotatable bonds is 7. The fourth-order valence-electron chi connectivity index (χ4n) is 9.28. The van der Waals surface area contributed by atoms with Crippen LogP contribution in [0.3, 0.4) is 0 Å². The number of ketones is 1. The summed E-state index contributed by atoms with van der Waals surface area (Å²) in [6, 6.07) is 9.53. The van der Waals surface area contributed by atoms with Crippen molar-refractivity contribution in [3.05, 3.63) is 72.4 Å². The van der Waals surface area contributed by atoms with Crippen LogP contribution in [0.1, 0.15) is 65.9 Å². The highest BCUT2D eigenvalue weighted by atomic mass is 16.7. The maximum absolute atomic E-state index is 14.2. The van der Waals surface area contributed by atoms with E-state index in [1.807, 2.05) is 43.3 Å². The van der Waals surface area contributed by atoms with Gasteiger partial charge in [0.2, 0.25) is 5.79 Å². The van der Waals surface area contributed by atoms with Crippen LogP contribution in [0.2, 0.25) is 0 Å². The second kappa shape index (κ2) is 10.5. The number of hydrogen-bond donors (Lipinski definition) is 2. The number of ether oxygens (including phenoxy) is 4. The van der Waals surface area contributed by atoms with Crippen molar-refractivity contribution >= 4 is 17.7 Å². The molecule has 9 nitrogen and oxygen atoms in total. The highest BCUT2D eigenvalue weighted by Crippen LogP contribution is 2.67. The molecule has 2 N–H and O–H groups in total. The van der Waals surface area contributed by atoms with Gasteiger partial charge in [-0.15, -0.1) is 0 Å². The molecule has 3 heterocycles. The van der Waals surface area contributed by atoms with Gasteiger partial charge in [0.05, 0.1) is 12.2 Å². The summed E-state index contributed by atoms with van der Waals surface area (Å²) in [5, 5.41) is 25.1. The number of allylic oxidation sites excluding steroid dienone is 1. The number of hydrogen-bond acceptors (Lipinski definition) is 9. The van der Waals surface area contributed by atoms with Crippen molar-refractivity contribution < 1.29 is 43.5 Å². The number of fused-ring (bicyclic) bond motifs is 4. The van der Waals surface area contributed by atoms with Gasteiger partial charge in [0.25, 0.3) is 0 Å². The highest BCUT2D eigenvalue weighted by molar-refractivity contribution is 5.91. The van der Waals surface area contributed by atoms with Crippen molar-refractivity contribution in [1.82, 2.24) is 0 Å². The van der Waals surface area contributed by atoms with Crippen LogP contribution in [0.5, 0.6) is 0 Å². The van der Waals surface area contributed by atoms with E-state index in [0.717, 1.165) is 5.56 Å². The summed E-state index contributed by atoms with van der Waals surface area (Å²) in [6.45, 7) is 16.5. The smallest absolute Gasteiger partial charge is 0.339 e. The molecule has 2 aliphatic carbocycles. The molecule has 4 fully saturated rings. The van der Waals surface area contributed by atoms with E-state index < -0.39 is 75.8 Å². The minimum Gasteiger partial charge on any atom is -0.457 e. The average Bonchev–Trinajstić information content (AvgIpc) is 3.30. The van der Waals surface area contributed by atoms with Crippen LogP contribution in [0.4, 0.5) is 0 Å². The molecule has 45 heavy (non-hydrogen) atoms. The van der Waals surface area contributed by atoms with Crippen molar-refractivity contribution in [2.24, 2.45) is 29.1 Å². The lowest BCUT2D eigenvalue weighted by atomic mass is 9.63. The molecular formula is C36H44O9. The van der Waals surface area contributed by atoms with E-state index in [1.165, 1.54) is 6.08 Å². The molecule has 3 aliphatic heterocycles. The lowest BCUT2D eigenvalue weighted by Gasteiger charge is -2.44. The normalized spacial score (nSPS) is 41.8. The minimum absolute atomic E-state index is 0.0874. The molecule has 0 aromatic heterocycles. The number of aliphatic hydroxyl groups is 2. The first-order chi connectivity index (χ1) is 21.0. The Morgan fingerprint density at radius 2 is 1.84 bits per heavy atom. The molecule has 6 rings (SSSR count). The second-order valence-corrected chi connectivity index (χ2v) is 14.6. The highest BCUT2D eigenvalue weighted by Gasteiger charge is 2.77. The summed E-state index contributed by atoms with van der Waals surface area (Å²) in [4.78, 5) is 40.3. The van der Waals surface area contributed by atoms with Crippen molar-refractivity contribution in [2.45, 2.75) is 102 Å². The largest absolute Gasteiger partial charge is 0.457 e. The van der Waals surface area contributed by atoms with Gasteiger partial charge in [-0.2, -0.15) is 0 Å². The van der Waals surface area contributed by atoms with Crippen LogP contribution < -0.4 is 0 Å². The quantitative estimate of drug-likeness (QED) is 0.260. The topological polar surface area (TPSA) is 129 Å². The van der Waals surface area contributed by atoms with E-state index in [2.05, 4.69) is 13.2 Å². The van der Waals surface area contributed by atoms with Gasteiger partial charge in [-0.05, 0) is 51.2 Å². The third-order valence-electron chi connectivity index (χ3n) is 11.4. The Kier molecular flexibility index (Phi) is 7.40. The van der Waals surface area contributed by atoms with E-state index in [4.69, 9.17) is 18.9 Å². The van der Waals surface area contributed by atoms with Crippen LogP contribution in [-0.2, 0) is 39.9 Å². The molecule has 1 aromatic carbocycles. The summed E-state index contributed by atoms with van der Waals surface area (Å²) in [5.74, 6) is -6.30. The van der Waals surface area contributed by atoms with Crippen molar-refractivity contribution in [3.8, 4) is 0 Å². The Morgan fingerprint density at radius 3 is 2.49 bits per heavy atom. The fourth-order valence-corrected chi connectivity index (χ4v) is 9.28. The molecule has 9 heteroatoms. The SMILES string of the molecule is C=C[C@H](OC(=O)C(=C)C)[C@H]1[C@H](C)C(=O)[C@@]2(C)CC[C@]34C[C@]5(O)C(=O)OC(C)(C)[C@@H]5CC=C3[C@H](OCc3ccccc3)[C@@](O)(O4)[C@@H]12. The van der Waals surface area contributed by atoms with Gasteiger partial charge in [-0.25, -0.2) is 9.59 Å². The fraction of sp³-hybridized carbons (Fsp3) is 0.583. The second-order valence-electron chi connectivity index (χ2n) is 14.6. The van der Waals surface area contributed by atoms with E-state index in [1.54, 1.807) is 27.7 Å². The summed E-state index contributed by atoms with van der Waals surface area (Å²) < 4.78 is 25.0. The number of esters is 2. The molecule has 1 spiro atoms. The molecule has 1 aromatic rings. The molecular weight excluding hydrogens is 576 g/mol. The van der Waals surface area contributed by atoms with E-state index in [-0.39, 0.29) is 30.8 Å². The Labute approximate surface area is 264 Å². The monoisotopic (exact) mass is 620 g/mol. The number of carbonyl (C=O) groups is 3. The predicted octanol–water partition coefficient (Wildman–Crippen LogP) is 4.36. The minimum atomic E-state index is -2.09. The van der Waals surface area contributed by atoms with Gasteiger partial charge in [-0.3, -0.25) is 4.79 Å². The lowest BCUT2D eigenvalue weighted by molar-refractivity contribution is -0.302. The van der Waals surface area contributed by atoms with Crippen molar-refractivity contribution in [1.29, 1.82) is 0 Å². The van der Waals surface area contributed by atoms with E-state index >= 15 is 0 Å². The van der Waals surface area contributed by atoms with Crippen LogP contribution >= 0.6 is 0 Å². The van der Waals surface area contributed by atoms with Crippen LogP contribution in [0, 0.1) is 29.1 Å². The third-order valence-corrected chi connectivity index (χ3v) is 11.4. The Morgan fingerprint density at radius 1 is 1.16 bits per heavy atom. The molecule has 0 unspecified atom stereocenters. The number of cyclic esters (lactones) is 1. The zero-order chi connectivity index (χ0) is 32.7. The first-order valence-corrected chi connectivity index (χ1v) is 15.8. The summed E-state index contributed by atoms with van der Waals surface area (Å²) in [7, 11) is 0. The molecule has 242 valence electrons. The van der Waals surface area contributed by atoms with E-state index in [9.17, 15) is 24.6 Å². The first kappa shape index (κ1) is 31.9. The van der Waals surface area contributed by atoms with Gasteiger partial charge < -0.3 is 29.2 Å². The average molecular weight is 621 g/mol. The zero-order valence-corrected chi connectivity index (χ0v) is 26.7. The van der Waals surface area contributed by atoms with Crippen LogP contribution in [-0.4, -0.2) is 62.7 Å². The summed E-state index contributed by atoms with van der Waals surface area (Å²) in [5.41, 5.74) is -3.52. The Balaban J connectivity index is 1.51. The maximum atomic E-state index is 14.2. The van der Waals surface area contributed by atoms with Gasteiger partial charge in [0, 0.05) is 41.1 Å². The number of benzene rings is 1. The van der Waals surface area contributed by atoms with Crippen molar-refractivity contribution in [2.75, 3.05) is 0 Å². The summed E-state index contributed by atoms with van der Waals surface area (Å²) >= 11 is 0. The molecule has 0 amide bonds. The molecule has 3 saturated heterocycles. The van der Waals surface area contributed by atoms with Crippen molar-refractivity contribution in [3.63, 3.8) is 0 Å². The Hall–Kier alpha value is -3.11. The van der Waals surface area contributed by atoms with Gasteiger partial charge in [0.1, 0.15) is 23.6 Å². The van der Waals surface area contributed by atoms with E-state index in [0.29, 0.717) is 18.4 Å². The molecule has 0 radical (unpaired) electrons.